The molecule has 0 radical (unpaired) electrons. The zero-order valence-corrected chi connectivity index (χ0v) is 16.5. The molecule has 2 heterocycles. The summed E-state index contributed by atoms with van der Waals surface area (Å²) in [5.74, 6) is 0.800. The molecular formula is C21H30N4O2. The number of benzene rings is 1. The van der Waals surface area contributed by atoms with E-state index in [0.29, 0.717) is 12.6 Å². The van der Waals surface area contributed by atoms with Crippen LogP contribution in [0, 0.1) is 0 Å². The Morgan fingerprint density at radius 3 is 2.63 bits per heavy atom. The lowest BCUT2D eigenvalue weighted by Gasteiger charge is -2.26. The van der Waals surface area contributed by atoms with Crippen LogP contribution in [-0.4, -0.2) is 59.2 Å². The maximum Gasteiger partial charge on any atom is 0.321 e. The molecule has 0 spiro atoms. The van der Waals surface area contributed by atoms with E-state index in [9.17, 15) is 4.79 Å². The predicted octanol–water partition coefficient (Wildman–Crippen LogP) is 3.82. The molecule has 1 saturated heterocycles. The minimum Gasteiger partial charge on any atom is -0.492 e. The zero-order chi connectivity index (χ0) is 19.2. The molecule has 1 unspecified atom stereocenters. The van der Waals surface area contributed by atoms with Crippen LogP contribution in [-0.2, 0) is 0 Å². The summed E-state index contributed by atoms with van der Waals surface area (Å²) in [6.45, 7) is 10.5. The van der Waals surface area contributed by atoms with Crippen molar-refractivity contribution >= 4 is 11.7 Å². The summed E-state index contributed by atoms with van der Waals surface area (Å²) in [5, 5.41) is 3.05. The average Bonchev–Trinajstić information content (AvgIpc) is 3.36. The SMILES string of the molecule is CCOc1ccc(NC(=O)N2CCC(N(CC)CC)C2)cc1-n1cccc1. The van der Waals surface area contributed by atoms with E-state index >= 15 is 0 Å². The Balaban J connectivity index is 1.70. The maximum absolute atomic E-state index is 12.7. The van der Waals surface area contributed by atoms with Gasteiger partial charge in [-0.05, 0) is 56.8 Å². The Morgan fingerprint density at radius 1 is 1.22 bits per heavy atom. The first-order chi connectivity index (χ1) is 13.2. The second kappa shape index (κ2) is 8.95. The first-order valence-electron chi connectivity index (χ1n) is 9.86. The van der Waals surface area contributed by atoms with Crippen molar-refractivity contribution in [1.82, 2.24) is 14.4 Å². The van der Waals surface area contributed by atoms with Gasteiger partial charge in [-0.15, -0.1) is 0 Å². The number of rotatable bonds is 7. The lowest BCUT2D eigenvalue weighted by molar-refractivity contribution is 0.202. The number of hydrogen-bond donors (Lipinski definition) is 1. The summed E-state index contributed by atoms with van der Waals surface area (Å²) in [7, 11) is 0. The van der Waals surface area contributed by atoms with Gasteiger partial charge in [0.25, 0.3) is 0 Å². The maximum atomic E-state index is 12.7. The molecule has 1 aromatic heterocycles. The van der Waals surface area contributed by atoms with Gasteiger partial charge < -0.3 is 19.5 Å². The van der Waals surface area contributed by atoms with Crippen LogP contribution in [0.5, 0.6) is 5.75 Å². The highest BCUT2D eigenvalue weighted by Gasteiger charge is 2.29. The molecule has 146 valence electrons. The van der Waals surface area contributed by atoms with Crippen LogP contribution in [0.4, 0.5) is 10.5 Å². The largest absolute Gasteiger partial charge is 0.492 e. The molecule has 2 aromatic rings. The van der Waals surface area contributed by atoms with Crippen LogP contribution < -0.4 is 10.1 Å². The van der Waals surface area contributed by atoms with Crippen molar-refractivity contribution in [1.29, 1.82) is 0 Å². The lowest BCUT2D eigenvalue weighted by Crippen LogP contribution is -2.39. The molecule has 1 fully saturated rings. The number of ether oxygens (including phenoxy) is 1. The standard InChI is InChI=1S/C21H30N4O2/c1-4-23(5-2)18-11-14-25(16-18)21(26)22-17-9-10-20(27-6-3)19(15-17)24-12-7-8-13-24/h7-10,12-13,15,18H,4-6,11,14,16H2,1-3H3,(H,22,26). The summed E-state index contributed by atoms with van der Waals surface area (Å²) >= 11 is 0. The fourth-order valence-corrected chi connectivity index (χ4v) is 3.74. The zero-order valence-electron chi connectivity index (χ0n) is 16.5. The summed E-state index contributed by atoms with van der Waals surface area (Å²) < 4.78 is 7.73. The molecule has 0 aliphatic carbocycles. The van der Waals surface area contributed by atoms with E-state index in [-0.39, 0.29) is 6.03 Å². The van der Waals surface area contributed by atoms with Crippen molar-refractivity contribution in [2.45, 2.75) is 33.2 Å². The highest BCUT2D eigenvalue weighted by atomic mass is 16.5. The van der Waals surface area contributed by atoms with Crippen LogP contribution in [0.1, 0.15) is 27.2 Å². The van der Waals surface area contributed by atoms with Gasteiger partial charge in [0.05, 0.1) is 12.3 Å². The number of likely N-dealkylation sites (tertiary alicyclic amines) is 1. The highest BCUT2D eigenvalue weighted by molar-refractivity contribution is 5.90. The topological polar surface area (TPSA) is 49.7 Å². The second-order valence-electron chi connectivity index (χ2n) is 6.75. The van der Waals surface area contributed by atoms with Gasteiger partial charge in [-0.2, -0.15) is 0 Å². The van der Waals surface area contributed by atoms with Gasteiger partial charge >= 0.3 is 6.03 Å². The average molecular weight is 370 g/mol. The lowest BCUT2D eigenvalue weighted by atomic mass is 10.2. The molecule has 1 atom stereocenters. The van der Waals surface area contributed by atoms with Crippen LogP contribution in [0.2, 0.25) is 0 Å². The number of nitrogens with zero attached hydrogens (tertiary/aromatic N) is 3. The molecule has 6 nitrogen and oxygen atoms in total. The third-order valence-electron chi connectivity index (χ3n) is 5.17. The molecular weight excluding hydrogens is 340 g/mol. The van der Waals surface area contributed by atoms with Gasteiger partial charge in [-0.3, -0.25) is 4.90 Å². The first-order valence-corrected chi connectivity index (χ1v) is 9.86. The molecule has 6 heteroatoms. The van der Waals surface area contributed by atoms with Crippen LogP contribution >= 0.6 is 0 Å². The monoisotopic (exact) mass is 370 g/mol. The fourth-order valence-electron chi connectivity index (χ4n) is 3.74. The molecule has 1 aliphatic rings. The van der Waals surface area contributed by atoms with Gasteiger partial charge in [0.1, 0.15) is 5.75 Å². The molecule has 2 amide bonds. The smallest absolute Gasteiger partial charge is 0.321 e. The van der Waals surface area contributed by atoms with Gasteiger partial charge in [0, 0.05) is 37.2 Å². The van der Waals surface area contributed by atoms with E-state index in [2.05, 4.69) is 24.1 Å². The third-order valence-corrected chi connectivity index (χ3v) is 5.17. The molecule has 0 bridgehead atoms. The Labute approximate surface area is 161 Å². The van der Waals surface area contributed by atoms with E-state index in [1.807, 2.05) is 59.1 Å². The summed E-state index contributed by atoms with van der Waals surface area (Å²) in [6.07, 6.45) is 4.98. The number of aromatic nitrogens is 1. The van der Waals surface area contributed by atoms with E-state index in [0.717, 1.165) is 49.7 Å². The third kappa shape index (κ3) is 4.45. The predicted molar refractivity (Wildman–Crippen MR) is 109 cm³/mol. The van der Waals surface area contributed by atoms with E-state index in [4.69, 9.17) is 4.74 Å². The summed E-state index contributed by atoms with van der Waals surface area (Å²) in [6, 6.07) is 10.1. The quantitative estimate of drug-likeness (QED) is 0.806. The van der Waals surface area contributed by atoms with Crippen LogP contribution in [0.25, 0.3) is 5.69 Å². The molecule has 0 saturated carbocycles. The van der Waals surface area contributed by atoms with Crippen molar-refractivity contribution in [2.75, 3.05) is 38.1 Å². The highest BCUT2D eigenvalue weighted by Crippen LogP contribution is 2.27. The number of likely N-dealkylation sites (N-methyl/N-ethyl adjacent to an activating group) is 1. The Morgan fingerprint density at radius 2 is 1.96 bits per heavy atom. The number of nitrogens with one attached hydrogen (secondary N) is 1. The van der Waals surface area contributed by atoms with Crippen molar-refractivity contribution in [3.8, 4) is 11.4 Å². The molecule has 1 aliphatic heterocycles. The van der Waals surface area contributed by atoms with Crippen LogP contribution in [0.15, 0.2) is 42.7 Å². The minimum absolute atomic E-state index is 0.0349. The van der Waals surface area contributed by atoms with Crippen molar-refractivity contribution < 1.29 is 9.53 Å². The Bertz CT molecular complexity index is 741. The van der Waals surface area contributed by atoms with Gasteiger partial charge in [-0.1, -0.05) is 13.8 Å². The normalized spacial score (nSPS) is 16.7. The number of hydrogen-bond acceptors (Lipinski definition) is 3. The van der Waals surface area contributed by atoms with Crippen molar-refractivity contribution in [3.63, 3.8) is 0 Å². The molecule has 3 rings (SSSR count). The summed E-state index contributed by atoms with van der Waals surface area (Å²) in [4.78, 5) is 17.1. The fraction of sp³-hybridized carbons (Fsp3) is 0.476. The first kappa shape index (κ1) is 19.3. The van der Waals surface area contributed by atoms with E-state index in [1.165, 1.54) is 0 Å². The van der Waals surface area contributed by atoms with Gasteiger partial charge in [-0.25, -0.2) is 4.79 Å². The summed E-state index contributed by atoms with van der Waals surface area (Å²) in [5.41, 5.74) is 1.69. The van der Waals surface area contributed by atoms with Crippen molar-refractivity contribution in [2.24, 2.45) is 0 Å². The Kier molecular flexibility index (Phi) is 6.40. The number of urea groups is 1. The van der Waals surface area contributed by atoms with E-state index < -0.39 is 0 Å². The molecule has 1 aromatic carbocycles. The molecule has 1 N–H and O–H groups in total. The van der Waals surface area contributed by atoms with Gasteiger partial charge in [0.2, 0.25) is 0 Å². The number of anilines is 1. The molecule has 27 heavy (non-hydrogen) atoms. The second-order valence-corrected chi connectivity index (χ2v) is 6.75. The number of amides is 2. The minimum atomic E-state index is -0.0349. The van der Waals surface area contributed by atoms with Crippen LogP contribution in [0.3, 0.4) is 0 Å². The number of carbonyl (C=O) groups excluding carboxylic acids is 1. The van der Waals surface area contributed by atoms with Crippen molar-refractivity contribution in [3.05, 3.63) is 42.7 Å². The van der Waals surface area contributed by atoms with E-state index in [1.54, 1.807) is 0 Å². The number of carbonyl (C=O) groups is 1. The van der Waals surface area contributed by atoms with Gasteiger partial charge in [0.15, 0.2) is 0 Å². The Hall–Kier alpha value is -2.47.